The van der Waals surface area contributed by atoms with Crippen LogP contribution in [-0.4, -0.2) is 35.2 Å². The summed E-state index contributed by atoms with van der Waals surface area (Å²) in [6.45, 7) is 3.95. The Morgan fingerprint density at radius 1 is 1.58 bits per heavy atom. The van der Waals surface area contributed by atoms with Gasteiger partial charge in [-0.3, -0.25) is 0 Å². The van der Waals surface area contributed by atoms with Gasteiger partial charge in [0.15, 0.2) is 0 Å². The van der Waals surface area contributed by atoms with Crippen molar-refractivity contribution in [1.82, 2.24) is 0 Å². The Kier molecular flexibility index (Phi) is 4.47. The van der Waals surface area contributed by atoms with Crippen LogP contribution in [0.5, 0.6) is 0 Å². The van der Waals surface area contributed by atoms with Gasteiger partial charge in [-0.2, -0.15) is 11.8 Å². The number of benzene rings is 1. The van der Waals surface area contributed by atoms with Gasteiger partial charge in [0.2, 0.25) is 0 Å². The molecule has 2 rings (SSSR count). The van der Waals surface area contributed by atoms with E-state index in [9.17, 15) is 9.18 Å². The number of anilines is 1. The van der Waals surface area contributed by atoms with Crippen molar-refractivity contribution in [2.75, 3.05) is 23.7 Å². The summed E-state index contributed by atoms with van der Waals surface area (Å²) in [7, 11) is 0. The monoisotopic (exact) mass is 281 g/mol. The zero-order chi connectivity index (χ0) is 13.8. The van der Waals surface area contributed by atoms with Crippen molar-refractivity contribution in [1.29, 1.82) is 0 Å². The van der Waals surface area contributed by atoms with Crippen LogP contribution in [0.1, 0.15) is 12.5 Å². The molecule has 3 nitrogen and oxygen atoms in total. The molecule has 19 heavy (non-hydrogen) atoms. The first-order valence-electron chi connectivity index (χ1n) is 6.13. The van der Waals surface area contributed by atoms with Crippen molar-refractivity contribution in [3.05, 3.63) is 35.7 Å². The van der Waals surface area contributed by atoms with Crippen LogP contribution in [0.15, 0.2) is 24.3 Å². The number of rotatable bonds is 3. The van der Waals surface area contributed by atoms with Gasteiger partial charge < -0.3 is 10.0 Å². The van der Waals surface area contributed by atoms with Crippen LogP contribution in [0.2, 0.25) is 0 Å². The molecule has 0 bridgehead atoms. The molecular weight excluding hydrogens is 265 g/mol. The average Bonchev–Trinajstić information content (AvgIpc) is 2.36. The van der Waals surface area contributed by atoms with E-state index in [0.717, 1.165) is 30.6 Å². The summed E-state index contributed by atoms with van der Waals surface area (Å²) in [5.41, 5.74) is 1.51. The lowest BCUT2D eigenvalue weighted by Crippen LogP contribution is -2.37. The molecule has 1 N–H and O–H groups in total. The van der Waals surface area contributed by atoms with Crippen molar-refractivity contribution in [3.8, 4) is 0 Å². The molecule has 1 aliphatic heterocycles. The van der Waals surface area contributed by atoms with Crippen LogP contribution < -0.4 is 4.90 Å². The zero-order valence-corrected chi connectivity index (χ0v) is 11.5. The fraction of sp³-hybridized carbons (Fsp3) is 0.357. The lowest BCUT2D eigenvalue weighted by molar-refractivity contribution is -0.131. The Hall–Kier alpha value is -1.49. The molecule has 1 aromatic carbocycles. The number of carboxylic acids is 1. The van der Waals surface area contributed by atoms with Gasteiger partial charge >= 0.3 is 5.97 Å². The number of carbonyl (C=O) groups is 1. The van der Waals surface area contributed by atoms with Gasteiger partial charge in [0, 0.05) is 41.4 Å². The first kappa shape index (κ1) is 13.9. The third-order valence-electron chi connectivity index (χ3n) is 2.98. The molecular formula is C14H16FNO2S. The van der Waals surface area contributed by atoms with Crippen LogP contribution >= 0.6 is 11.8 Å². The lowest BCUT2D eigenvalue weighted by Gasteiger charge is -2.33. The van der Waals surface area contributed by atoms with Gasteiger partial charge in [0.25, 0.3) is 0 Å². The minimum Gasteiger partial charge on any atom is -0.478 e. The number of halogens is 1. The van der Waals surface area contributed by atoms with E-state index < -0.39 is 5.97 Å². The summed E-state index contributed by atoms with van der Waals surface area (Å²) in [5, 5.41) is 9.21. The maximum atomic E-state index is 13.3. The fourth-order valence-electron chi connectivity index (χ4n) is 2.15. The molecule has 1 aromatic rings. The van der Waals surface area contributed by atoms with Crippen molar-refractivity contribution < 1.29 is 14.3 Å². The van der Waals surface area contributed by atoms with Gasteiger partial charge in [-0.25, -0.2) is 9.18 Å². The zero-order valence-electron chi connectivity index (χ0n) is 10.7. The molecule has 102 valence electrons. The van der Waals surface area contributed by atoms with Crippen LogP contribution in [0.3, 0.4) is 0 Å². The van der Waals surface area contributed by atoms with Crippen LogP contribution in [-0.2, 0) is 4.79 Å². The molecule has 0 amide bonds. The lowest BCUT2D eigenvalue weighted by atomic mass is 10.1. The highest BCUT2D eigenvalue weighted by atomic mass is 32.2. The quantitative estimate of drug-likeness (QED) is 0.865. The minimum atomic E-state index is -1.03. The van der Waals surface area contributed by atoms with E-state index in [-0.39, 0.29) is 5.82 Å². The maximum absolute atomic E-state index is 13.3. The highest BCUT2D eigenvalue weighted by Gasteiger charge is 2.18. The Morgan fingerprint density at radius 2 is 2.37 bits per heavy atom. The van der Waals surface area contributed by atoms with E-state index in [1.54, 1.807) is 6.07 Å². The van der Waals surface area contributed by atoms with Gasteiger partial charge in [-0.1, -0.05) is 6.92 Å². The molecule has 0 radical (unpaired) electrons. The molecule has 0 saturated carbocycles. The summed E-state index contributed by atoms with van der Waals surface area (Å²) in [4.78, 5) is 12.8. The number of carboxylic acid groups (broad SMARTS) is 1. The molecule has 0 spiro atoms. The highest BCUT2D eigenvalue weighted by molar-refractivity contribution is 8.00. The Bertz CT molecular complexity index is 504. The van der Waals surface area contributed by atoms with E-state index in [1.807, 2.05) is 11.8 Å². The van der Waals surface area contributed by atoms with Gasteiger partial charge in [0.1, 0.15) is 5.82 Å². The minimum absolute atomic E-state index is 0.353. The van der Waals surface area contributed by atoms with E-state index in [1.165, 1.54) is 18.2 Å². The Labute approximate surface area is 116 Å². The van der Waals surface area contributed by atoms with Gasteiger partial charge in [-0.05, 0) is 24.3 Å². The summed E-state index contributed by atoms with van der Waals surface area (Å²) in [6.07, 6.45) is 2.49. The van der Waals surface area contributed by atoms with Crippen LogP contribution in [0.25, 0.3) is 6.08 Å². The normalized spacial score (nSPS) is 19.9. The number of nitrogens with zero attached hydrogens (tertiary/aromatic N) is 1. The Morgan fingerprint density at radius 3 is 3.05 bits per heavy atom. The van der Waals surface area contributed by atoms with Crippen LogP contribution in [0.4, 0.5) is 10.1 Å². The standard InChI is InChI=1S/C14H16FNO2S/c1-10-9-16(6-7-19-10)13-4-3-12(15)8-11(13)2-5-14(17)18/h2-5,8,10H,6-7,9H2,1H3,(H,17,18)/b5-2+. The predicted octanol–water partition coefficient (Wildman–Crippen LogP) is 2.87. The average molecular weight is 281 g/mol. The number of hydrogen-bond acceptors (Lipinski definition) is 3. The van der Waals surface area contributed by atoms with Crippen molar-refractivity contribution >= 4 is 29.5 Å². The van der Waals surface area contributed by atoms with E-state index in [0.29, 0.717) is 10.8 Å². The number of aliphatic carboxylic acids is 1. The maximum Gasteiger partial charge on any atom is 0.328 e. The first-order chi connectivity index (χ1) is 9.06. The Balaban J connectivity index is 2.30. The van der Waals surface area contributed by atoms with Crippen molar-refractivity contribution in [2.24, 2.45) is 0 Å². The largest absolute Gasteiger partial charge is 0.478 e. The molecule has 5 heteroatoms. The molecule has 1 aliphatic rings. The summed E-state index contributed by atoms with van der Waals surface area (Å²) in [6, 6.07) is 4.51. The van der Waals surface area contributed by atoms with E-state index in [2.05, 4.69) is 11.8 Å². The second-order valence-corrected chi connectivity index (χ2v) is 6.05. The first-order valence-corrected chi connectivity index (χ1v) is 7.18. The highest BCUT2D eigenvalue weighted by Crippen LogP contribution is 2.28. The number of hydrogen-bond donors (Lipinski definition) is 1. The third kappa shape index (κ3) is 3.73. The van der Waals surface area contributed by atoms with Crippen molar-refractivity contribution in [2.45, 2.75) is 12.2 Å². The fourth-order valence-corrected chi connectivity index (χ4v) is 3.16. The molecule has 1 atom stereocenters. The third-order valence-corrected chi connectivity index (χ3v) is 4.11. The summed E-state index contributed by atoms with van der Waals surface area (Å²) >= 11 is 1.92. The van der Waals surface area contributed by atoms with Gasteiger partial charge in [-0.15, -0.1) is 0 Å². The molecule has 0 aromatic heterocycles. The second kappa shape index (κ2) is 6.10. The predicted molar refractivity (Wildman–Crippen MR) is 77.2 cm³/mol. The SMILES string of the molecule is CC1CN(c2ccc(F)cc2/C=C/C(=O)O)CCS1. The van der Waals surface area contributed by atoms with E-state index >= 15 is 0 Å². The van der Waals surface area contributed by atoms with Crippen molar-refractivity contribution in [3.63, 3.8) is 0 Å². The second-order valence-electron chi connectivity index (χ2n) is 4.50. The van der Waals surface area contributed by atoms with E-state index in [4.69, 9.17) is 5.11 Å². The van der Waals surface area contributed by atoms with Crippen LogP contribution in [0, 0.1) is 5.82 Å². The topological polar surface area (TPSA) is 40.5 Å². The molecule has 0 aliphatic carbocycles. The number of thioether (sulfide) groups is 1. The molecule has 1 unspecified atom stereocenters. The summed E-state index contributed by atoms with van der Waals surface area (Å²) < 4.78 is 13.3. The molecule has 1 saturated heterocycles. The summed E-state index contributed by atoms with van der Waals surface area (Å²) in [5.74, 6) is -0.355. The smallest absolute Gasteiger partial charge is 0.328 e. The van der Waals surface area contributed by atoms with Gasteiger partial charge in [0.05, 0.1) is 0 Å². The molecule has 1 fully saturated rings. The molecule has 1 heterocycles.